The van der Waals surface area contributed by atoms with E-state index in [0.29, 0.717) is 32.3 Å². The number of hydrogen-bond donors (Lipinski definition) is 2. The Morgan fingerprint density at radius 1 is 0.767 bits per heavy atom. The second-order valence-electron chi connectivity index (χ2n) is 6.68. The minimum atomic E-state index is -0.353. The Morgan fingerprint density at radius 3 is 2.13 bits per heavy atom. The molecule has 4 aromatic rings. The zero-order valence-electron chi connectivity index (χ0n) is 15.7. The van der Waals surface area contributed by atoms with Crippen LogP contribution < -0.4 is 5.73 Å². The molecule has 4 nitrogen and oxygen atoms in total. The maximum Gasteiger partial charge on any atom is 0.209 e. The standard InChI is InChI=1S/C24H16Cl2N2O2/c25-16-10-6-9-15(13-16)22(29)20-19(17-11-4-5-12-18(17)26)21(28-24(20)27)23(30)14-7-2-1-3-8-14/h1-13,28H,27H2. The number of aromatic amines is 1. The Balaban J connectivity index is 1.97. The number of nitrogen functional groups attached to an aromatic ring is 1. The van der Waals surface area contributed by atoms with Gasteiger partial charge in [-0.1, -0.05) is 83.9 Å². The number of carbonyl (C=O) groups excluding carboxylic acids is 2. The largest absolute Gasteiger partial charge is 0.385 e. The number of carbonyl (C=O) groups is 2. The summed E-state index contributed by atoms with van der Waals surface area (Å²) in [5, 5.41) is 0.827. The fourth-order valence-electron chi connectivity index (χ4n) is 3.37. The van der Waals surface area contributed by atoms with Gasteiger partial charge >= 0.3 is 0 Å². The molecule has 0 amide bonds. The number of anilines is 1. The first-order chi connectivity index (χ1) is 14.5. The van der Waals surface area contributed by atoms with E-state index in [-0.39, 0.29) is 28.6 Å². The second kappa shape index (κ2) is 8.19. The summed E-state index contributed by atoms with van der Waals surface area (Å²) in [7, 11) is 0. The molecular formula is C24H16Cl2N2O2. The molecule has 0 bridgehead atoms. The highest BCUT2D eigenvalue weighted by atomic mass is 35.5. The maximum absolute atomic E-state index is 13.4. The summed E-state index contributed by atoms with van der Waals surface area (Å²) in [5.74, 6) is -0.551. The van der Waals surface area contributed by atoms with E-state index in [0.717, 1.165) is 0 Å². The normalized spacial score (nSPS) is 10.7. The average molecular weight is 435 g/mol. The van der Waals surface area contributed by atoms with Crippen molar-refractivity contribution in [3.05, 3.63) is 111 Å². The molecule has 1 heterocycles. The molecule has 0 saturated heterocycles. The molecule has 1 aromatic heterocycles. The number of aromatic nitrogens is 1. The minimum Gasteiger partial charge on any atom is -0.385 e. The Hall–Kier alpha value is -3.34. The van der Waals surface area contributed by atoms with Crippen LogP contribution in [0.4, 0.5) is 5.82 Å². The van der Waals surface area contributed by atoms with Crippen LogP contribution in [0.3, 0.4) is 0 Å². The lowest BCUT2D eigenvalue weighted by Crippen LogP contribution is -2.07. The zero-order valence-corrected chi connectivity index (χ0v) is 17.2. The minimum absolute atomic E-state index is 0.0918. The van der Waals surface area contributed by atoms with Gasteiger partial charge < -0.3 is 10.7 Å². The molecule has 0 unspecified atom stereocenters. The van der Waals surface area contributed by atoms with Crippen LogP contribution in [0.15, 0.2) is 78.9 Å². The van der Waals surface area contributed by atoms with Crippen LogP contribution in [0.2, 0.25) is 10.0 Å². The third kappa shape index (κ3) is 3.63. The first-order valence-corrected chi connectivity index (χ1v) is 9.89. The molecule has 0 aliphatic heterocycles. The highest BCUT2D eigenvalue weighted by molar-refractivity contribution is 6.35. The maximum atomic E-state index is 13.4. The quantitative estimate of drug-likeness (QED) is 0.376. The number of nitrogens with two attached hydrogens (primary N) is 1. The van der Waals surface area contributed by atoms with Crippen molar-refractivity contribution in [3.63, 3.8) is 0 Å². The van der Waals surface area contributed by atoms with Gasteiger partial charge in [-0.2, -0.15) is 0 Å². The second-order valence-corrected chi connectivity index (χ2v) is 7.52. The molecule has 30 heavy (non-hydrogen) atoms. The number of halogens is 2. The number of nitrogens with one attached hydrogen (secondary N) is 1. The summed E-state index contributed by atoms with van der Waals surface area (Å²) >= 11 is 12.5. The van der Waals surface area contributed by atoms with Gasteiger partial charge in [-0.25, -0.2) is 0 Å². The summed E-state index contributed by atoms with van der Waals surface area (Å²) in [6.45, 7) is 0. The molecule has 0 fully saturated rings. The first kappa shape index (κ1) is 20.0. The topological polar surface area (TPSA) is 76.0 Å². The van der Waals surface area contributed by atoms with Crippen LogP contribution in [0.25, 0.3) is 11.1 Å². The highest BCUT2D eigenvalue weighted by Crippen LogP contribution is 2.38. The predicted molar refractivity (Wildman–Crippen MR) is 120 cm³/mol. The molecular weight excluding hydrogens is 419 g/mol. The molecule has 0 spiro atoms. The lowest BCUT2D eigenvalue weighted by Gasteiger charge is -2.10. The SMILES string of the molecule is Nc1[nH]c(C(=O)c2ccccc2)c(-c2ccccc2Cl)c1C(=O)c1cccc(Cl)c1. The lowest BCUT2D eigenvalue weighted by molar-refractivity contribution is 0.103. The van der Waals surface area contributed by atoms with Gasteiger partial charge in [-0.05, 0) is 18.2 Å². The van der Waals surface area contributed by atoms with Gasteiger partial charge in [0.05, 0.1) is 11.3 Å². The van der Waals surface area contributed by atoms with Crippen molar-refractivity contribution in [1.82, 2.24) is 4.98 Å². The third-order valence-electron chi connectivity index (χ3n) is 4.75. The third-order valence-corrected chi connectivity index (χ3v) is 5.31. The number of rotatable bonds is 5. The summed E-state index contributed by atoms with van der Waals surface area (Å²) in [6.07, 6.45) is 0. The van der Waals surface area contributed by atoms with Crippen molar-refractivity contribution in [3.8, 4) is 11.1 Å². The van der Waals surface area contributed by atoms with Gasteiger partial charge in [0, 0.05) is 32.3 Å². The van der Waals surface area contributed by atoms with E-state index in [1.165, 1.54) is 0 Å². The van der Waals surface area contributed by atoms with Crippen molar-refractivity contribution in [2.75, 3.05) is 5.73 Å². The molecule has 6 heteroatoms. The molecule has 3 aromatic carbocycles. The Labute approximate surface area is 183 Å². The van der Waals surface area contributed by atoms with Crippen LogP contribution in [-0.4, -0.2) is 16.6 Å². The van der Waals surface area contributed by atoms with Gasteiger partial charge in [0.15, 0.2) is 5.78 Å². The molecule has 0 radical (unpaired) electrons. The van der Waals surface area contributed by atoms with Gasteiger partial charge in [0.2, 0.25) is 5.78 Å². The molecule has 0 saturated carbocycles. The monoisotopic (exact) mass is 434 g/mol. The predicted octanol–water partition coefficient (Wildman–Crippen LogP) is 6.03. The number of H-pyrrole nitrogens is 1. The van der Waals surface area contributed by atoms with Gasteiger partial charge in [0.1, 0.15) is 5.82 Å². The number of ketones is 2. The summed E-state index contributed by atoms with van der Waals surface area (Å²) in [6, 6.07) is 22.4. The van der Waals surface area contributed by atoms with E-state index < -0.39 is 0 Å². The molecule has 148 valence electrons. The number of benzene rings is 3. The Bertz CT molecular complexity index is 1260. The molecule has 0 atom stereocenters. The van der Waals surface area contributed by atoms with E-state index in [4.69, 9.17) is 28.9 Å². The van der Waals surface area contributed by atoms with Crippen molar-refractivity contribution in [2.45, 2.75) is 0 Å². The van der Waals surface area contributed by atoms with Crippen molar-refractivity contribution in [1.29, 1.82) is 0 Å². The van der Waals surface area contributed by atoms with Crippen molar-refractivity contribution < 1.29 is 9.59 Å². The molecule has 0 aliphatic rings. The van der Waals surface area contributed by atoms with Gasteiger partial charge in [-0.15, -0.1) is 0 Å². The van der Waals surface area contributed by atoms with Crippen molar-refractivity contribution >= 4 is 40.6 Å². The van der Waals surface area contributed by atoms with Crippen LogP contribution in [0.5, 0.6) is 0 Å². The number of hydrogen-bond acceptors (Lipinski definition) is 3. The van der Waals surface area contributed by atoms with Crippen LogP contribution in [0.1, 0.15) is 32.0 Å². The Kier molecular flexibility index (Phi) is 5.44. The van der Waals surface area contributed by atoms with E-state index in [1.54, 1.807) is 72.8 Å². The first-order valence-electron chi connectivity index (χ1n) is 9.13. The Morgan fingerprint density at radius 2 is 1.43 bits per heavy atom. The molecule has 4 rings (SSSR count). The molecule has 3 N–H and O–H groups in total. The fraction of sp³-hybridized carbons (Fsp3) is 0. The zero-order chi connectivity index (χ0) is 21.3. The summed E-state index contributed by atoms with van der Waals surface area (Å²) in [5.41, 5.74) is 8.35. The van der Waals surface area contributed by atoms with E-state index in [9.17, 15) is 9.59 Å². The van der Waals surface area contributed by atoms with E-state index in [1.807, 2.05) is 6.07 Å². The highest BCUT2D eigenvalue weighted by Gasteiger charge is 2.28. The van der Waals surface area contributed by atoms with Gasteiger partial charge in [0.25, 0.3) is 0 Å². The lowest BCUT2D eigenvalue weighted by atomic mass is 9.93. The van der Waals surface area contributed by atoms with Crippen LogP contribution in [-0.2, 0) is 0 Å². The van der Waals surface area contributed by atoms with Crippen molar-refractivity contribution in [2.24, 2.45) is 0 Å². The summed E-state index contributed by atoms with van der Waals surface area (Å²) < 4.78 is 0. The van der Waals surface area contributed by atoms with E-state index in [2.05, 4.69) is 4.98 Å². The summed E-state index contributed by atoms with van der Waals surface area (Å²) in [4.78, 5) is 29.6. The van der Waals surface area contributed by atoms with Gasteiger partial charge in [-0.3, -0.25) is 9.59 Å². The van der Waals surface area contributed by atoms with Crippen LogP contribution >= 0.6 is 23.2 Å². The fourth-order valence-corrected chi connectivity index (χ4v) is 3.79. The van der Waals surface area contributed by atoms with Crippen LogP contribution in [0, 0.1) is 0 Å². The van der Waals surface area contributed by atoms with E-state index >= 15 is 0 Å². The average Bonchev–Trinajstić information content (AvgIpc) is 3.10. The molecule has 0 aliphatic carbocycles. The smallest absolute Gasteiger partial charge is 0.209 e.